The molecule has 0 bridgehead atoms. The second-order valence-electron chi connectivity index (χ2n) is 5.90. The third-order valence-corrected chi connectivity index (χ3v) is 4.46. The molecule has 1 aliphatic rings. The Labute approximate surface area is 151 Å². The second-order valence-corrected chi connectivity index (χ2v) is 7.60. The van der Waals surface area contributed by atoms with Crippen molar-refractivity contribution in [1.82, 2.24) is 0 Å². The van der Waals surface area contributed by atoms with Crippen molar-refractivity contribution in [3.8, 4) is 0 Å². The van der Waals surface area contributed by atoms with Gasteiger partial charge in [-0.3, -0.25) is 0 Å². The van der Waals surface area contributed by atoms with Crippen LogP contribution in [0.15, 0.2) is 32.9 Å². The van der Waals surface area contributed by atoms with Crippen LogP contribution in [0.5, 0.6) is 0 Å². The Morgan fingerprint density at radius 2 is 1.57 bits per heavy atom. The van der Waals surface area contributed by atoms with Gasteiger partial charge in [0.1, 0.15) is 0 Å². The van der Waals surface area contributed by atoms with Gasteiger partial charge < -0.3 is 14.8 Å². The summed E-state index contributed by atoms with van der Waals surface area (Å²) in [6, 6.07) is 3.97. The molecule has 0 aromatic heterocycles. The van der Waals surface area contributed by atoms with Gasteiger partial charge in [0, 0.05) is 29.0 Å². The molecule has 1 aliphatic heterocycles. The summed E-state index contributed by atoms with van der Waals surface area (Å²) in [6.45, 7) is 7.20. The van der Waals surface area contributed by atoms with E-state index < -0.39 is 17.7 Å². The van der Waals surface area contributed by atoms with Crippen LogP contribution in [0.1, 0.15) is 39.2 Å². The van der Waals surface area contributed by atoms with Gasteiger partial charge in [0.15, 0.2) is 5.57 Å². The summed E-state index contributed by atoms with van der Waals surface area (Å²) in [5.41, 5.74) is 1.67. The lowest BCUT2D eigenvalue weighted by atomic mass is 10.0. The van der Waals surface area contributed by atoms with Crippen molar-refractivity contribution in [2.45, 2.75) is 39.4 Å². The van der Waals surface area contributed by atoms with Crippen molar-refractivity contribution in [3.63, 3.8) is 0 Å². The third-order valence-electron chi connectivity index (χ3n) is 3.21. The highest BCUT2D eigenvalue weighted by atomic mass is 79.9. The average molecular weight is 447 g/mol. The van der Waals surface area contributed by atoms with Gasteiger partial charge in [-0.2, -0.15) is 0 Å². The lowest BCUT2D eigenvalue weighted by Gasteiger charge is -2.29. The van der Waals surface area contributed by atoms with E-state index in [2.05, 4.69) is 51.0 Å². The largest absolute Gasteiger partial charge is 0.419 e. The summed E-state index contributed by atoms with van der Waals surface area (Å²) < 4.78 is 11.7. The summed E-state index contributed by atoms with van der Waals surface area (Å²) in [7, 11) is 0. The summed E-state index contributed by atoms with van der Waals surface area (Å²) in [5.74, 6) is -2.30. The van der Waals surface area contributed by atoms with Crippen molar-refractivity contribution >= 4 is 49.5 Å². The number of rotatable bonds is 3. The summed E-state index contributed by atoms with van der Waals surface area (Å²) >= 11 is 6.97. The number of nitrogens with one attached hydrogen (secondary N) is 1. The molecule has 0 aliphatic carbocycles. The fourth-order valence-corrected chi connectivity index (χ4v) is 3.44. The van der Waals surface area contributed by atoms with Gasteiger partial charge >= 0.3 is 11.9 Å². The van der Waals surface area contributed by atoms with E-state index in [1.54, 1.807) is 0 Å². The highest BCUT2D eigenvalue weighted by Crippen LogP contribution is 2.35. The summed E-state index contributed by atoms with van der Waals surface area (Å²) in [6.07, 6.45) is 1.29. The van der Waals surface area contributed by atoms with Gasteiger partial charge in [-0.05, 0) is 55.5 Å². The number of anilines is 1. The van der Waals surface area contributed by atoms with Crippen LogP contribution in [0.25, 0.3) is 0 Å². The highest BCUT2D eigenvalue weighted by Gasteiger charge is 2.39. The van der Waals surface area contributed by atoms with Crippen molar-refractivity contribution in [1.29, 1.82) is 0 Å². The molecular formula is C16H17Br2NO4. The molecule has 23 heavy (non-hydrogen) atoms. The Morgan fingerprint density at radius 3 is 2.00 bits per heavy atom. The molecular weight excluding hydrogens is 430 g/mol. The zero-order valence-corrected chi connectivity index (χ0v) is 16.4. The average Bonchev–Trinajstić information content (AvgIpc) is 2.38. The quantitative estimate of drug-likeness (QED) is 0.421. The van der Waals surface area contributed by atoms with E-state index in [1.165, 1.54) is 20.0 Å². The van der Waals surface area contributed by atoms with E-state index in [1.807, 2.05) is 12.1 Å². The molecule has 1 heterocycles. The monoisotopic (exact) mass is 445 g/mol. The van der Waals surface area contributed by atoms with Crippen molar-refractivity contribution in [2.75, 3.05) is 5.32 Å². The van der Waals surface area contributed by atoms with Crippen LogP contribution in [0.2, 0.25) is 0 Å². The molecule has 1 N–H and O–H groups in total. The lowest BCUT2D eigenvalue weighted by molar-refractivity contribution is -0.222. The van der Waals surface area contributed by atoms with E-state index >= 15 is 0 Å². The van der Waals surface area contributed by atoms with Gasteiger partial charge in [-0.15, -0.1) is 0 Å². The predicted octanol–water partition coefficient (Wildman–Crippen LogP) is 4.47. The summed E-state index contributed by atoms with van der Waals surface area (Å²) in [4.78, 5) is 23.8. The molecule has 0 amide bonds. The van der Waals surface area contributed by atoms with E-state index in [9.17, 15) is 9.59 Å². The van der Waals surface area contributed by atoms with Crippen LogP contribution in [0, 0.1) is 0 Å². The maximum atomic E-state index is 11.9. The van der Waals surface area contributed by atoms with Crippen molar-refractivity contribution in [2.24, 2.45) is 0 Å². The maximum Gasteiger partial charge on any atom is 0.350 e. The minimum atomic E-state index is -1.24. The zero-order chi connectivity index (χ0) is 17.4. The Hall–Kier alpha value is -1.34. The molecule has 124 valence electrons. The van der Waals surface area contributed by atoms with E-state index in [0.717, 1.165) is 14.5 Å². The number of esters is 2. The summed E-state index contributed by atoms with van der Waals surface area (Å²) in [5, 5.41) is 2.95. The van der Waals surface area contributed by atoms with Gasteiger partial charge in [-0.25, -0.2) is 9.59 Å². The van der Waals surface area contributed by atoms with Gasteiger partial charge in [-0.1, -0.05) is 13.8 Å². The molecule has 0 saturated carbocycles. The fraction of sp³-hybridized carbons (Fsp3) is 0.375. The molecule has 1 saturated heterocycles. The number of cyclic esters (lactones) is 2. The maximum absolute atomic E-state index is 11.9. The third kappa shape index (κ3) is 4.14. The molecule has 1 aromatic carbocycles. The Balaban J connectivity index is 2.27. The minimum absolute atomic E-state index is 0.184. The Morgan fingerprint density at radius 1 is 1.09 bits per heavy atom. The number of halogens is 2. The van der Waals surface area contributed by atoms with Gasteiger partial charge in [0.2, 0.25) is 0 Å². The molecule has 1 aromatic rings. The molecule has 0 atom stereocenters. The van der Waals surface area contributed by atoms with Crippen LogP contribution in [-0.4, -0.2) is 17.7 Å². The number of benzene rings is 1. The first-order valence-corrected chi connectivity index (χ1v) is 8.61. The van der Waals surface area contributed by atoms with E-state index in [-0.39, 0.29) is 5.57 Å². The molecule has 0 radical (unpaired) electrons. The lowest BCUT2D eigenvalue weighted by Crippen LogP contribution is -2.42. The Bertz CT molecular complexity index is 650. The standard InChI is InChI=1S/C16H17Br2NO4/c1-8(2)9-5-11(17)13(12(18)6-9)19-7-10-14(20)22-16(3,4)23-15(10)21/h5-8,19H,1-4H3. The first-order chi connectivity index (χ1) is 10.6. The van der Waals surface area contributed by atoms with Crippen LogP contribution >= 0.6 is 31.9 Å². The van der Waals surface area contributed by atoms with Crippen LogP contribution in [0.3, 0.4) is 0 Å². The highest BCUT2D eigenvalue weighted by molar-refractivity contribution is 9.11. The number of hydrogen-bond acceptors (Lipinski definition) is 5. The van der Waals surface area contributed by atoms with Gasteiger partial charge in [0.05, 0.1) is 5.69 Å². The SMILES string of the molecule is CC(C)c1cc(Br)c(NC=C2C(=O)OC(C)(C)OC2=O)c(Br)c1. The first-order valence-electron chi connectivity index (χ1n) is 7.03. The molecule has 1 fully saturated rings. The zero-order valence-electron chi connectivity index (χ0n) is 13.2. The fourth-order valence-electron chi connectivity index (χ4n) is 1.99. The molecule has 5 nitrogen and oxygen atoms in total. The second kappa shape index (κ2) is 6.65. The number of carbonyl (C=O) groups excluding carboxylic acids is 2. The van der Waals surface area contributed by atoms with Crippen LogP contribution in [0.4, 0.5) is 5.69 Å². The van der Waals surface area contributed by atoms with Crippen molar-refractivity contribution < 1.29 is 19.1 Å². The number of hydrogen-bond donors (Lipinski definition) is 1. The molecule has 7 heteroatoms. The number of carbonyl (C=O) groups is 2. The smallest absolute Gasteiger partial charge is 0.350 e. The van der Waals surface area contributed by atoms with Crippen LogP contribution in [-0.2, 0) is 19.1 Å². The van der Waals surface area contributed by atoms with Gasteiger partial charge in [0.25, 0.3) is 5.79 Å². The normalized spacial score (nSPS) is 16.9. The van der Waals surface area contributed by atoms with E-state index in [4.69, 9.17) is 9.47 Å². The number of ether oxygens (including phenoxy) is 2. The molecule has 2 rings (SSSR count). The topological polar surface area (TPSA) is 64.6 Å². The minimum Gasteiger partial charge on any atom is -0.419 e. The van der Waals surface area contributed by atoms with E-state index in [0.29, 0.717) is 11.6 Å². The predicted molar refractivity (Wildman–Crippen MR) is 93.9 cm³/mol. The molecule has 0 spiro atoms. The Kier molecular flexibility index (Phi) is 5.20. The molecule has 0 unspecified atom stereocenters. The van der Waals surface area contributed by atoms with Crippen molar-refractivity contribution in [3.05, 3.63) is 38.4 Å². The van der Waals surface area contributed by atoms with Crippen LogP contribution < -0.4 is 5.32 Å². The first kappa shape index (κ1) is 18.0.